The minimum Gasteiger partial charge on any atom is -0.493 e. The molecular weight excluding hydrogens is 438 g/mol. The summed E-state index contributed by atoms with van der Waals surface area (Å²) in [5.41, 5.74) is 7.66. The van der Waals surface area contributed by atoms with Crippen molar-refractivity contribution in [3.63, 3.8) is 0 Å². The highest BCUT2D eigenvalue weighted by atomic mass is 16.5. The summed E-state index contributed by atoms with van der Waals surface area (Å²) in [4.78, 5) is 36.6. The zero-order chi connectivity index (χ0) is 24.7. The summed E-state index contributed by atoms with van der Waals surface area (Å²) < 4.78 is 16.0. The molecule has 0 aliphatic heterocycles. The molecule has 3 rings (SSSR count). The lowest BCUT2D eigenvalue weighted by atomic mass is 10.1. The van der Waals surface area contributed by atoms with Gasteiger partial charge in [-0.3, -0.25) is 14.4 Å². The number of primary amides is 1. The maximum Gasteiger partial charge on any atom is 0.255 e. The number of carbonyl (C=O) groups is 3. The highest BCUT2D eigenvalue weighted by Gasteiger charge is 2.19. The van der Waals surface area contributed by atoms with Gasteiger partial charge in [0.05, 0.1) is 14.2 Å². The predicted molar refractivity (Wildman–Crippen MR) is 128 cm³/mol. The van der Waals surface area contributed by atoms with Crippen LogP contribution in [0.15, 0.2) is 60.7 Å². The molecule has 4 N–H and O–H groups in total. The number of nitrogens with two attached hydrogens (primary N) is 1. The number of hydrogen-bond donors (Lipinski definition) is 3. The van der Waals surface area contributed by atoms with Gasteiger partial charge in [0, 0.05) is 22.5 Å². The summed E-state index contributed by atoms with van der Waals surface area (Å²) in [5.74, 6) is -0.804. The van der Waals surface area contributed by atoms with Crippen LogP contribution in [0.1, 0.15) is 26.3 Å². The Morgan fingerprint density at radius 3 is 1.82 bits per heavy atom. The van der Waals surface area contributed by atoms with Gasteiger partial charge in [0.1, 0.15) is 0 Å². The largest absolute Gasteiger partial charge is 0.493 e. The summed E-state index contributed by atoms with van der Waals surface area (Å²) >= 11 is 0. The van der Waals surface area contributed by atoms with E-state index < -0.39 is 11.8 Å². The molecule has 0 bridgehead atoms. The Labute approximate surface area is 196 Å². The minimum atomic E-state index is -0.666. The molecule has 0 atom stereocenters. The molecule has 0 saturated heterocycles. The molecule has 3 amide bonds. The smallest absolute Gasteiger partial charge is 0.255 e. The number of anilines is 2. The second-order valence-corrected chi connectivity index (χ2v) is 7.22. The molecule has 0 aliphatic carbocycles. The summed E-state index contributed by atoms with van der Waals surface area (Å²) in [6, 6.07) is 17.0. The molecule has 9 nitrogen and oxygen atoms in total. The molecule has 3 aromatic rings. The van der Waals surface area contributed by atoms with E-state index in [0.29, 0.717) is 22.5 Å². The Kier molecular flexibility index (Phi) is 7.71. The van der Waals surface area contributed by atoms with Crippen LogP contribution in [0.4, 0.5) is 11.4 Å². The normalized spacial score (nSPS) is 10.2. The number of hydrogen-bond acceptors (Lipinski definition) is 6. The van der Waals surface area contributed by atoms with Crippen molar-refractivity contribution in [2.75, 3.05) is 31.5 Å². The number of carbonyl (C=O) groups excluding carboxylic acids is 3. The van der Waals surface area contributed by atoms with E-state index in [0.717, 1.165) is 0 Å². The van der Waals surface area contributed by atoms with Crippen LogP contribution in [0.25, 0.3) is 0 Å². The number of benzene rings is 3. The summed E-state index contributed by atoms with van der Waals surface area (Å²) in [6.45, 7) is 1.41. The van der Waals surface area contributed by atoms with Gasteiger partial charge in [0.2, 0.25) is 5.75 Å². The van der Waals surface area contributed by atoms with Crippen molar-refractivity contribution in [3.05, 3.63) is 77.4 Å². The zero-order valence-electron chi connectivity index (χ0n) is 19.0. The molecule has 9 heteroatoms. The van der Waals surface area contributed by atoms with E-state index in [2.05, 4.69) is 10.6 Å². The van der Waals surface area contributed by atoms with Crippen molar-refractivity contribution in [2.45, 2.75) is 6.92 Å². The Hall–Kier alpha value is -4.53. The lowest BCUT2D eigenvalue weighted by Gasteiger charge is -2.16. The zero-order valence-corrected chi connectivity index (χ0v) is 19.0. The van der Waals surface area contributed by atoms with Crippen molar-refractivity contribution < 1.29 is 28.6 Å². The van der Waals surface area contributed by atoms with Gasteiger partial charge in [-0.15, -0.1) is 0 Å². The maximum absolute atomic E-state index is 13.0. The first-order chi connectivity index (χ1) is 16.3. The van der Waals surface area contributed by atoms with Crippen molar-refractivity contribution in [1.29, 1.82) is 0 Å². The van der Waals surface area contributed by atoms with E-state index in [9.17, 15) is 14.4 Å². The van der Waals surface area contributed by atoms with Crippen LogP contribution in [0, 0.1) is 6.92 Å². The maximum atomic E-state index is 13.0. The van der Waals surface area contributed by atoms with Gasteiger partial charge in [0.15, 0.2) is 18.1 Å². The van der Waals surface area contributed by atoms with Crippen LogP contribution in [-0.2, 0) is 4.79 Å². The van der Waals surface area contributed by atoms with Crippen LogP contribution < -0.4 is 30.6 Å². The van der Waals surface area contributed by atoms with Crippen LogP contribution in [0.2, 0.25) is 0 Å². The fourth-order valence-electron chi connectivity index (χ4n) is 3.18. The third-order valence-electron chi connectivity index (χ3n) is 4.95. The predicted octanol–water partition coefficient (Wildman–Crippen LogP) is 3.38. The second-order valence-electron chi connectivity index (χ2n) is 7.22. The number of nitrogens with one attached hydrogen (secondary N) is 2. The summed E-state index contributed by atoms with van der Waals surface area (Å²) in [5, 5.41) is 5.70. The van der Waals surface area contributed by atoms with E-state index in [1.54, 1.807) is 49.4 Å². The first-order valence-corrected chi connectivity index (χ1v) is 10.3. The van der Waals surface area contributed by atoms with E-state index in [1.165, 1.54) is 26.4 Å². The van der Waals surface area contributed by atoms with Crippen molar-refractivity contribution >= 4 is 29.1 Å². The topological polar surface area (TPSA) is 129 Å². The molecule has 0 spiro atoms. The summed E-state index contributed by atoms with van der Waals surface area (Å²) in [7, 11) is 2.80. The van der Waals surface area contributed by atoms with Gasteiger partial charge in [-0.05, 0) is 48.9 Å². The quantitative estimate of drug-likeness (QED) is 0.446. The Morgan fingerprint density at radius 1 is 0.794 bits per heavy atom. The molecule has 34 heavy (non-hydrogen) atoms. The van der Waals surface area contributed by atoms with Gasteiger partial charge in [-0.1, -0.05) is 24.3 Å². The van der Waals surface area contributed by atoms with Gasteiger partial charge < -0.3 is 30.6 Å². The standard InChI is InChI=1S/C25H25N3O6/c1-15-18(27-24(30)16-8-5-4-6-9-16)10-7-11-19(15)28-25(31)17-12-20(32-2)23(21(13-17)33-3)34-14-22(26)29/h4-13H,14H2,1-3H3,(H2,26,29)(H,27,30)(H,28,31). The van der Waals surface area contributed by atoms with Crippen molar-refractivity contribution in [3.8, 4) is 17.2 Å². The fraction of sp³-hybridized carbons (Fsp3) is 0.160. The SMILES string of the molecule is COc1cc(C(=O)Nc2cccc(NC(=O)c3ccccc3)c2C)cc(OC)c1OCC(N)=O. The molecule has 0 radical (unpaired) electrons. The Morgan fingerprint density at radius 2 is 1.32 bits per heavy atom. The molecule has 0 saturated carbocycles. The third-order valence-corrected chi connectivity index (χ3v) is 4.95. The molecule has 0 fully saturated rings. The van der Waals surface area contributed by atoms with Crippen molar-refractivity contribution in [2.24, 2.45) is 5.73 Å². The molecular formula is C25H25N3O6. The molecule has 0 aliphatic rings. The highest BCUT2D eigenvalue weighted by molar-refractivity contribution is 6.07. The van der Waals surface area contributed by atoms with Crippen LogP contribution in [-0.4, -0.2) is 38.5 Å². The number of methoxy groups -OCH3 is 2. The highest BCUT2D eigenvalue weighted by Crippen LogP contribution is 2.39. The average Bonchev–Trinajstić information content (AvgIpc) is 2.84. The van der Waals surface area contributed by atoms with E-state index >= 15 is 0 Å². The van der Waals surface area contributed by atoms with Crippen LogP contribution >= 0.6 is 0 Å². The molecule has 0 aromatic heterocycles. The van der Waals surface area contributed by atoms with E-state index in [1.807, 2.05) is 6.07 Å². The average molecular weight is 463 g/mol. The molecule has 3 aromatic carbocycles. The first-order valence-electron chi connectivity index (χ1n) is 10.3. The fourth-order valence-corrected chi connectivity index (χ4v) is 3.18. The number of rotatable bonds is 9. The first kappa shape index (κ1) is 24.1. The molecule has 176 valence electrons. The Bertz CT molecular complexity index is 1190. The lowest BCUT2D eigenvalue weighted by molar-refractivity contribution is -0.120. The number of amides is 3. The number of ether oxygens (including phenoxy) is 3. The molecule has 0 heterocycles. The van der Waals surface area contributed by atoms with Gasteiger partial charge >= 0.3 is 0 Å². The van der Waals surface area contributed by atoms with Gasteiger partial charge in [-0.25, -0.2) is 0 Å². The van der Waals surface area contributed by atoms with Crippen LogP contribution in [0.3, 0.4) is 0 Å². The lowest BCUT2D eigenvalue weighted by Crippen LogP contribution is -2.20. The Balaban J connectivity index is 1.83. The monoisotopic (exact) mass is 463 g/mol. The van der Waals surface area contributed by atoms with E-state index in [4.69, 9.17) is 19.9 Å². The van der Waals surface area contributed by atoms with E-state index in [-0.39, 0.29) is 35.3 Å². The van der Waals surface area contributed by atoms with Gasteiger partial charge in [0.25, 0.3) is 17.7 Å². The van der Waals surface area contributed by atoms with Crippen molar-refractivity contribution in [1.82, 2.24) is 0 Å². The minimum absolute atomic E-state index is 0.155. The summed E-state index contributed by atoms with van der Waals surface area (Å²) in [6.07, 6.45) is 0. The van der Waals surface area contributed by atoms with Gasteiger partial charge in [-0.2, -0.15) is 0 Å². The second kappa shape index (κ2) is 10.9. The van der Waals surface area contributed by atoms with Crippen LogP contribution in [0.5, 0.6) is 17.2 Å². The third kappa shape index (κ3) is 5.63. The molecule has 0 unspecified atom stereocenters.